The summed E-state index contributed by atoms with van der Waals surface area (Å²) >= 11 is 0. The largest absolute Gasteiger partial charge is 0.366 e. The summed E-state index contributed by atoms with van der Waals surface area (Å²) in [6, 6.07) is 10.7. The maximum atomic E-state index is 13.9. The smallest absolute Gasteiger partial charge is 0.248 e. The zero-order valence-corrected chi connectivity index (χ0v) is 15.1. The molecule has 0 unspecified atom stereocenters. The number of hydrogen-bond acceptors (Lipinski definition) is 4. The fourth-order valence-corrected chi connectivity index (χ4v) is 3.70. The number of nitrogens with one attached hydrogen (secondary N) is 1. The number of rotatable bonds is 8. The molecule has 0 heterocycles. The first-order valence-electron chi connectivity index (χ1n) is 7.81. The molecule has 2 aromatic rings. The van der Waals surface area contributed by atoms with Gasteiger partial charge in [-0.1, -0.05) is 18.2 Å². The molecule has 3 N–H and O–H groups in total. The zero-order valence-electron chi connectivity index (χ0n) is 14.3. The average molecular weight is 391 g/mol. The predicted octanol–water partition coefficient (Wildman–Crippen LogP) is 1.74. The Morgan fingerprint density at radius 1 is 1.15 bits per heavy atom. The van der Waals surface area contributed by atoms with Gasteiger partial charge in [-0.3, -0.25) is 9.59 Å². The summed E-state index contributed by atoms with van der Waals surface area (Å²) in [5.74, 6) is -2.15. The lowest BCUT2D eigenvalue weighted by Crippen LogP contribution is -2.38. The molecule has 7 nitrogen and oxygen atoms in total. The van der Waals surface area contributed by atoms with E-state index in [9.17, 15) is 22.4 Å². The number of carbonyl (C=O) groups excluding carboxylic acids is 2. The van der Waals surface area contributed by atoms with Crippen molar-refractivity contribution in [3.8, 4) is 0 Å². The predicted molar refractivity (Wildman–Crippen MR) is 98.9 cm³/mol. The normalized spacial score (nSPS) is 11.2. The third kappa shape index (κ3) is 4.99. The number of carbonyl (C=O) groups is 2. The van der Waals surface area contributed by atoms with Gasteiger partial charge in [-0.15, -0.1) is 6.58 Å². The zero-order chi connectivity index (χ0) is 20.0. The lowest BCUT2D eigenvalue weighted by Gasteiger charge is -2.20. The first-order valence-corrected chi connectivity index (χ1v) is 9.25. The first-order chi connectivity index (χ1) is 12.8. The molecule has 0 saturated carbocycles. The molecular weight excluding hydrogens is 373 g/mol. The highest BCUT2D eigenvalue weighted by Gasteiger charge is 2.28. The van der Waals surface area contributed by atoms with Gasteiger partial charge >= 0.3 is 0 Å². The number of halogens is 1. The van der Waals surface area contributed by atoms with E-state index in [4.69, 9.17) is 5.73 Å². The van der Waals surface area contributed by atoms with Crippen LogP contribution in [0.4, 0.5) is 10.1 Å². The van der Waals surface area contributed by atoms with Crippen LogP contribution in [-0.2, 0) is 14.8 Å². The van der Waals surface area contributed by atoms with Gasteiger partial charge in [0, 0.05) is 17.8 Å². The van der Waals surface area contributed by atoms with Crippen LogP contribution in [0.25, 0.3) is 0 Å². The molecule has 0 spiro atoms. The molecule has 0 fully saturated rings. The molecule has 0 aliphatic rings. The van der Waals surface area contributed by atoms with Crippen LogP contribution in [0.2, 0.25) is 0 Å². The fourth-order valence-electron chi connectivity index (χ4n) is 2.26. The first kappa shape index (κ1) is 20.3. The van der Waals surface area contributed by atoms with Crippen molar-refractivity contribution in [2.24, 2.45) is 5.73 Å². The minimum Gasteiger partial charge on any atom is -0.366 e. The van der Waals surface area contributed by atoms with Gasteiger partial charge in [-0.05, 0) is 36.4 Å². The van der Waals surface area contributed by atoms with Gasteiger partial charge in [-0.25, -0.2) is 12.8 Å². The van der Waals surface area contributed by atoms with Crippen LogP contribution in [0.5, 0.6) is 0 Å². The second-order valence-corrected chi connectivity index (χ2v) is 7.41. The van der Waals surface area contributed by atoms with Crippen molar-refractivity contribution < 1.29 is 22.4 Å². The standard InChI is InChI=1S/C18H18FN3O4S/c1-2-11-22(27(25,26)16-6-4-3-5-15(16)19)12-17(23)21-14-9-7-13(8-10-14)18(20)24/h2-10H,1,11-12H2,(H2,20,24)(H,21,23). The molecule has 0 aromatic heterocycles. The van der Waals surface area contributed by atoms with E-state index in [-0.39, 0.29) is 12.1 Å². The second-order valence-electron chi connectivity index (χ2n) is 5.51. The van der Waals surface area contributed by atoms with Crippen molar-refractivity contribution in [1.82, 2.24) is 4.31 Å². The van der Waals surface area contributed by atoms with E-state index in [1.54, 1.807) is 0 Å². The van der Waals surface area contributed by atoms with Crippen LogP contribution in [0, 0.1) is 5.82 Å². The minimum absolute atomic E-state index is 0.176. The summed E-state index contributed by atoms with van der Waals surface area (Å²) in [7, 11) is -4.23. The van der Waals surface area contributed by atoms with Crippen LogP contribution in [0.3, 0.4) is 0 Å². The molecule has 9 heteroatoms. The maximum Gasteiger partial charge on any atom is 0.248 e. The van der Waals surface area contributed by atoms with E-state index in [2.05, 4.69) is 11.9 Å². The second kappa shape index (κ2) is 8.56. The van der Waals surface area contributed by atoms with E-state index in [0.29, 0.717) is 5.69 Å². The van der Waals surface area contributed by atoms with E-state index >= 15 is 0 Å². The van der Waals surface area contributed by atoms with Crippen molar-refractivity contribution in [3.05, 3.63) is 72.6 Å². The van der Waals surface area contributed by atoms with Crippen LogP contribution in [0.15, 0.2) is 66.1 Å². The van der Waals surface area contributed by atoms with Crippen molar-refractivity contribution in [2.75, 3.05) is 18.4 Å². The Hall–Kier alpha value is -3.04. The number of amides is 2. The van der Waals surface area contributed by atoms with Gasteiger partial charge in [0.1, 0.15) is 10.7 Å². The summed E-state index contributed by atoms with van der Waals surface area (Å²) in [6.45, 7) is 2.75. The molecular formula is C18H18FN3O4S. The molecule has 2 aromatic carbocycles. The highest BCUT2D eigenvalue weighted by Crippen LogP contribution is 2.19. The third-order valence-electron chi connectivity index (χ3n) is 3.56. The summed E-state index contributed by atoms with van der Waals surface area (Å²) in [5, 5.41) is 2.51. The molecule has 0 aliphatic heterocycles. The van der Waals surface area contributed by atoms with Crippen molar-refractivity contribution in [2.45, 2.75) is 4.90 Å². The quantitative estimate of drug-likeness (QED) is 0.668. The molecule has 0 bridgehead atoms. The highest BCUT2D eigenvalue weighted by molar-refractivity contribution is 7.89. The fraction of sp³-hybridized carbons (Fsp3) is 0.111. The number of hydrogen-bond donors (Lipinski definition) is 2. The SMILES string of the molecule is C=CCN(CC(=O)Nc1ccc(C(N)=O)cc1)S(=O)(=O)c1ccccc1F. The van der Waals surface area contributed by atoms with Crippen molar-refractivity contribution in [1.29, 1.82) is 0 Å². The van der Waals surface area contributed by atoms with Crippen molar-refractivity contribution in [3.63, 3.8) is 0 Å². The summed E-state index contributed by atoms with van der Waals surface area (Å²) < 4.78 is 40.0. The molecule has 2 rings (SSSR count). The summed E-state index contributed by atoms with van der Waals surface area (Å²) in [5.41, 5.74) is 5.76. The van der Waals surface area contributed by atoms with Gasteiger partial charge in [0.05, 0.1) is 6.54 Å². The van der Waals surface area contributed by atoms with Crippen molar-refractivity contribution >= 4 is 27.5 Å². The van der Waals surface area contributed by atoms with E-state index in [1.165, 1.54) is 42.5 Å². The van der Waals surface area contributed by atoms with Gasteiger partial charge in [0.15, 0.2) is 0 Å². The summed E-state index contributed by atoms with van der Waals surface area (Å²) in [4.78, 5) is 22.8. The van der Waals surface area contributed by atoms with Crippen LogP contribution >= 0.6 is 0 Å². The maximum absolute atomic E-state index is 13.9. The molecule has 0 saturated heterocycles. The molecule has 27 heavy (non-hydrogen) atoms. The van der Waals surface area contributed by atoms with E-state index in [0.717, 1.165) is 16.4 Å². The Morgan fingerprint density at radius 3 is 2.33 bits per heavy atom. The van der Waals surface area contributed by atoms with E-state index in [1.807, 2.05) is 0 Å². The Morgan fingerprint density at radius 2 is 1.78 bits per heavy atom. The lowest BCUT2D eigenvalue weighted by atomic mass is 10.2. The molecule has 0 radical (unpaired) electrons. The van der Waals surface area contributed by atoms with E-state index < -0.39 is 39.1 Å². The monoisotopic (exact) mass is 391 g/mol. The molecule has 0 aliphatic carbocycles. The van der Waals surface area contributed by atoms with Gasteiger partial charge in [0.25, 0.3) is 0 Å². The number of nitrogens with two attached hydrogens (primary N) is 1. The lowest BCUT2D eigenvalue weighted by molar-refractivity contribution is -0.116. The average Bonchev–Trinajstić information content (AvgIpc) is 2.62. The minimum atomic E-state index is -4.23. The van der Waals surface area contributed by atoms with Gasteiger partial charge in [0.2, 0.25) is 21.8 Å². The third-order valence-corrected chi connectivity index (χ3v) is 5.41. The van der Waals surface area contributed by atoms with Crippen LogP contribution in [0.1, 0.15) is 10.4 Å². The Bertz CT molecular complexity index is 959. The number of sulfonamides is 1. The topological polar surface area (TPSA) is 110 Å². The Kier molecular flexibility index (Phi) is 6.43. The Balaban J connectivity index is 2.17. The molecule has 142 valence electrons. The summed E-state index contributed by atoms with van der Waals surface area (Å²) in [6.07, 6.45) is 1.30. The highest BCUT2D eigenvalue weighted by atomic mass is 32.2. The number of primary amides is 1. The number of benzene rings is 2. The molecule has 2 amide bonds. The number of nitrogens with zero attached hydrogens (tertiary/aromatic N) is 1. The van der Waals surface area contributed by atoms with Crippen LogP contribution in [-0.4, -0.2) is 37.6 Å². The van der Waals surface area contributed by atoms with Crippen LogP contribution < -0.4 is 11.1 Å². The number of anilines is 1. The van der Waals surface area contributed by atoms with Gasteiger partial charge in [-0.2, -0.15) is 4.31 Å². The Labute approximate surface area is 156 Å². The molecule has 0 atom stereocenters. The van der Waals surface area contributed by atoms with Gasteiger partial charge < -0.3 is 11.1 Å².